The highest BCUT2D eigenvalue weighted by Crippen LogP contribution is 2.33. The molecule has 1 N–H and O–H groups in total. The first-order valence-electron chi connectivity index (χ1n) is 6.36. The number of hydrogen-bond donors (Lipinski definition) is 1. The molecule has 0 fully saturated rings. The quantitative estimate of drug-likeness (QED) is 0.945. The lowest BCUT2D eigenvalue weighted by atomic mass is 10.0. The largest absolute Gasteiger partial charge is 0.482 e. The first kappa shape index (κ1) is 14.3. The number of amides is 1. The zero-order valence-corrected chi connectivity index (χ0v) is 11.1. The number of carbonyl (C=O) groups is 1. The van der Waals surface area contributed by atoms with Gasteiger partial charge in [-0.15, -0.1) is 0 Å². The van der Waals surface area contributed by atoms with Gasteiger partial charge in [-0.25, -0.2) is 0 Å². The molecule has 2 aromatic heterocycles. The van der Waals surface area contributed by atoms with Crippen LogP contribution in [0.3, 0.4) is 0 Å². The van der Waals surface area contributed by atoms with Crippen LogP contribution < -0.4 is 10.1 Å². The van der Waals surface area contributed by atoms with Gasteiger partial charge in [0.25, 0.3) is 5.91 Å². The van der Waals surface area contributed by atoms with Gasteiger partial charge in [0.05, 0.1) is 11.9 Å². The molecule has 5 nitrogen and oxygen atoms in total. The van der Waals surface area contributed by atoms with Crippen LogP contribution in [0.1, 0.15) is 15.9 Å². The molecule has 0 aromatic carbocycles. The van der Waals surface area contributed by atoms with Gasteiger partial charge in [-0.05, 0) is 12.1 Å². The van der Waals surface area contributed by atoms with Crippen molar-refractivity contribution in [1.82, 2.24) is 15.3 Å². The van der Waals surface area contributed by atoms with E-state index in [-0.39, 0.29) is 18.2 Å². The minimum Gasteiger partial charge on any atom is -0.482 e. The van der Waals surface area contributed by atoms with Crippen molar-refractivity contribution in [3.05, 3.63) is 41.9 Å². The van der Waals surface area contributed by atoms with Crippen LogP contribution in [0.25, 0.3) is 11.3 Å². The molecule has 3 rings (SSSR count). The van der Waals surface area contributed by atoms with Crippen LogP contribution >= 0.6 is 0 Å². The van der Waals surface area contributed by atoms with Crippen LogP contribution in [0.4, 0.5) is 13.2 Å². The lowest BCUT2D eigenvalue weighted by Gasteiger charge is -2.13. The number of nitrogens with one attached hydrogen (secondary N) is 1. The Balaban J connectivity index is 2.02. The fourth-order valence-corrected chi connectivity index (χ4v) is 2.23. The number of ether oxygens (including phenoxy) is 1. The number of hydrogen-bond acceptors (Lipinski definition) is 4. The van der Waals surface area contributed by atoms with Crippen molar-refractivity contribution in [3.63, 3.8) is 0 Å². The van der Waals surface area contributed by atoms with E-state index < -0.39 is 12.8 Å². The van der Waals surface area contributed by atoms with E-state index in [1.165, 1.54) is 24.7 Å². The maximum Gasteiger partial charge on any atom is 0.422 e. The van der Waals surface area contributed by atoms with Gasteiger partial charge in [0.1, 0.15) is 5.75 Å². The predicted molar refractivity (Wildman–Crippen MR) is 70.2 cm³/mol. The Morgan fingerprint density at radius 1 is 1.23 bits per heavy atom. The van der Waals surface area contributed by atoms with Gasteiger partial charge in [-0.3, -0.25) is 14.8 Å². The van der Waals surface area contributed by atoms with Crippen molar-refractivity contribution in [1.29, 1.82) is 0 Å². The molecule has 0 aliphatic carbocycles. The standard InChI is InChI=1S/C14H10F3N3O2/c15-14(16,17)7-22-11-6-18-3-1-9(11)12-10-5-20-13(21)8(10)2-4-19-12/h1-4,6H,5,7H2,(H,20,21). The predicted octanol–water partition coefficient (Wildman–Crippen LogP) is 2.33. The minimum atomic E-state index is -4.45. The Labute approximate surface area is 123 Å². The van der Waals surface area contributed by atoms with Gasteiger partial charge < -0.3 is 10.1 Å². The van der Waals surface area contributed by atoms with Crippen molar-refractivity contribution in [2.75, 3.05) is 6.61 Å². The zero-order chi connectivity index (χ0) is 15.7. The van der Waals surface area contributed by atoms with Gasteiger partial charge in [0.15, 0.2) is 6.61 Å². The monoisotopic (exact) mass is 309 g/mol. The lowest BCUT2D eigenvalue weighted by molar-refractivity contribution is -0.153. The number of rotatable bonds is 3. The third kappa shape index (κ3) is 2.72. The molecule has 0 saturated heterocycles. The summed E-state index contributed by atoms with van der Waals surface area (Å²) in [5.41, 5.74) is 1.88. The third-order valence-corrected chi connectivity index (χ3v) is 3.16. The second-order valence-electron chi connectivity index (χ2n) is 4.64. The summed E-state index contributed by atoms with van der Waals surface area (Å²) >= 11 is 0. The molecule has 0 spiro atoms. The summed E-state index contributed by atoms with van der Waals surface area (Å²) in [6, 6.07) is 3.08. The average Bonchev–Trinajstić information content (AvgIpc) is 2.87. The van der Waals surface area contributed by atoms with E-state index in [4.69, 9.17) is 4.74 Å². The summed E-state index contributed by atoms with van der Waals surface area (Å²) in [6.45, 7) is -1.14. The zero-order valence-electron chi connectivity index (χ0n) is 11.1. The fraction of sp³-hybridized carbons (Fsp3) is 0.214. The molecule has 114 valence electrons. The van der Waals surface area contributed by atoms with Gasteiger partial charge in [-0.1, -0.05) is 0 Å². The van der Waals surface area contributed by atoms with Gasteiger partial charge in [0, 0.05) is 35.6 Å². The fourth-order valence-electron chi connectivity index (χ4n) is 2.23. The molecular formula is C14H10F3N3O2. The number of halogens is 3. The molecule has 1 amide bonds. The molecule has 2 aromatic rings. The van der Waals surface area contributed by atoms with E-state index in [1.807, 2.05) is 0 Å². The SMILES string of the molecule is O=C1NCc2c1ccnc2-c1ccncc1OCC(F)(F)F. The summed E-state index contributed by atoms with van der Waals surface area (Å²) in [5, 5.41) is 2.66. The van der Waals surface area contributed by atoms with Crippen LogP contribution in [-0.4, -0.2) is 28.7 Å². The van der Waals surface area contributed by atoms with E-state index in [2.05, 4.69) is 15.3 Å². The summed E-state index contributed by atoms with van der Waals surface area (Å²) < 4.78 is 41.8. The first-order chi connectivity index (χ1) is 10.5. The van der Waals surface area contributed by atoms with Crippen LogP contribution in [0.2, 0.25) is 0 Å². The van der Waals surface area contributed by atoms with Gasteiger partial charge >= 0.3 is 6.18 Å². The Morgan fingerprint density at radius 3 is 2.77 bits per heavy atom. The molecular weight excluding hydrogens is 299 g/mol. The highest BCUT2D eigenvalue weighted by atomic mass is 19.4. The minimum absolute atomic E-state index is 0.0277. The molecule has 8 heteroatoms. The Kier molecular flexibility index (Phi) is 3.44. The first-order valence-corrected chi connectivity index (χ1v) is 6.36. The highest BCUT2D eigenvalue weighted by molar-refractivity contribution is 6.00. The molecule has 1 aliphatic heterocycles. The smallest absolute Gasteiger partial charge is 0.422 e. The van der Waals surface area contributed by atoms with E-state index in [1.54, 1.807) is 6.07 Å². The number of pyridine rings is 2. The molecule has 0 saturated carbocycles. The van der Waals surface area contributed by atoms with Crippen LogP contribution in [0, 0.1) is 0 Å². The van der Waals surface area contributed by atoms with Crippen molar-refractivity contribution in [3.8, 4) is 17.0 Å². The number of alkyl halides is 3. The Bertz CT molecular complexity index is 732. The summed E-state index contributed by atoms with van der Waals surface area (Å²) in [5.74, 6) is -0.259. The topological polar surface area (TPSA) is 64.1 Å². The van der Waals surface area contributed by atoms with Gasteiger partial charge in [-0.2, -0.15) is 13.2 Å². The summed E-state index contributed by atoms with van der Waals surface area (Å²) in [6.07, 6.45) is -0.378. The van der Waals surface area contributed by atoms with E-state index >= 15 is 0 Å². The second-order valence-corrected chi connectivity index (χ2v) is 4.64. The van der Waals surface area contributed by atoms with Crippen LogP contribution in [0.15, 0.2) is 30.7 Å². The van der Waals surface area contributed by atoms with E-state index in [0.717, 1.165) is 0 Å². The molecule has 1 aliphatic rings. The highest BCUT2D eigenvalue weighted by Gasteiger charge is 2.30. The van der Waals surface area contributed by atoms with Crippen molar-refractivity contribution >= 4 is 5.91 Å². The Morgan fingerprint density at radius 2 is 2.00 bits per heavy atom. The van der Waals surface area contributed by atoms with Crippen LogP contribution in [-0.2, 0) is 6.54 Å². The third-order valence-electron chi connectivity index (χ3n) is 3.16. The van der Waals surface area contributed by atoms with E-state index in [0.29, 0.717) is 22.4 Å². The molecule has 0 atom stereocenters. The van der Waals surface area contributed by atoms with Crippen molar-refractivity contribution < 1.29 is 22.7 Å². The normalized spacial score (nSPS) is 13.7. The molecule has 0 bridgehead atoms. The van der Waals surface area contributed by atoms with Crippen LogP contribution in [0.5, 0.6) is 5.75 Å². The Hall–Kier alpha value is -2.64. The van der Waals surface area contributed by atoms with Crippen molar-refractivity contribution in [2.24, 2.45) is 0 Å². The summed E-state index contributed by atoms with van der Waals surface area (Å²) in [4.78, 5) is 19.6. The molecule has 3 heterocycles. The molecule has 0 radical (unpaired) electrons. The summed E-state index contributed by atoms with van der Waals surface area (Å²) in [7, 11) is 0. The van der Waals surface area contributed by atoms with E-state index in [9.17, 15) is 18.0 Å². The number of carbonyl (C=O) groups excluding carboxylic acids is 1. The number of fused-ring (bicyclic) bond motifs is 1. The molecule has 0 unspecified atom stereocenters. The van der Waals surface area contributed by atoms with Crippen molar-refractivity contribution in [2.45, 2.75) is 12.7 Å². The lowest BCUT2D eigenvalue weighted by Crippen LogP contribution is -2.19. The molecule has 22 heavy (non-hydrogen) atoms. The second kappa shape index (κ2) is 5.28. The number of nitrogens with zero attached hydrogens (tertiary/aromatic N) is 2. The number of aromatic nitrogens is 2. The average molecular weight is 309 g/mol. The maximum absolute atomic E-state index is 12.3. The van der Waals surface area contributed by atoms with Gasteiger partial charge in [0.2, 0.25) is 0 Å². The maximum atomic E-state index is 12.3.